The largest absolute Gasteiger partial charge is 0.372 e. The van der Waals surface area contributed by atoms with E-state index in [1.165, 1.54) is 18.0 Å². The Hall–Kier alpha value is -1.47. The van der Waals surface area contributed by atoms with E-state index in [2.05, 4.69) is 35.9 Å². The van der Waals surface area contributed by atoms with Crippen LogP contribution in [0, 0.1) is 5.41 Å². The Bertz CT molecular complexity index is 1010. The predicted octanol–water partition coefficient (Wildman–Crippen LogP) is 4.53. The minimum atomic E-state index is -3.22. The molecule has 168 valence electrons. The number of pyridine rings is 1. The molecule has 0 bridgehead atoms. The molecule has 0 radical (unpaired) electrons. The zero-order valence-electron chi connectivity index (χ0n) is 18.5. The third-order valence-corrected chi connectivity index (χ3v) is 8.06. The molecule has 2 aromatic rings. The molecule has 2 fully saturated rings. The number of nitrogens with zero attached hydrogens (tertiary/aromatic N) is 2. The number of sulfone groups is 1. The molecular formula is C24H31ClN2O3S. The SMILES string of the molecule is CC1(C)CC([C@]2(CCc3ccc(S(C)(=O)=O)cn3)CCN(Cc3ccc(Cl)cc3)C2)O1. The number of hydrogen-bond acceptors (Lipinski definition) is 5. The summed E-state index contributed by atoms with van der Waals surface area (Å²) in [4.78, 5) is 7.20. The van der Waals surface area contributed by atoms with Crippen molar-refractivity contribution < 1.29 is 13.2 Å². The monoisotopic (exact) mass is 462 g/mol. The van der Waals surface area contributed by atoms with Gasteiger partial charge in [-0.05, 0) is 69.5 Å². The van der Waals surface area contributed by atoms with Gasteiger partial charge in [0.25, 0.3) is 0 Å². The number of likely N-dealkylation sites (tertiary alicyclic amines) is 1. The fraction of sp³-hybridized carbons (Fsp3) is 0.542. The van der Waals surface area contributed by atoms with Crippen LogP contribution in [0.2, 0.25) is 5.02 Å². The van der Waals surface area contributed by atoms with Gasteiger partial charge < -0.3 is 4.74 Å². The standard InChI is InChI=1S/C24H31ClN2O3S/c1-23(2)14-22(30-23)24(11-10-20-8-9-21(15-26-20)31(3,28)29)12-13-27(17-24)16-18-4-6-19(25)7-5-18/h4-9,15,22H,10-14,16-17H2,1-3H3/t22?,24-/m1/s1. The second-order valence-corrected chi connectivity index (χ2v) is 12.2. The van der Waals surface area contributed by atoms with E-state index in [1.54, 1.807) is 6.07 Å². The van der Waals surface area contributed by atoms with Crippen molar-refractivity contribution in [3.05, 3.63) is 58.9 Å². The van der Waals surface area contributed by atoms with Crippen molar-refractivity contribution in [2.45, 2.75) is 62.7 Å². The Morgan fingerprint density at radius 1 is 1.19 bits per heavy atom. The maximum Gasteiger partial charge on any atom is 0.177 e. The first kappa shape index (κ1) is 22.7. The van der Waals surface area contributed by atoms with Crippen LogP contribution in [-0.2, 0) is 27.5 Å². The molecule has 2 aliphatic heterocycles. The molecule has 5 nitrogen and oxygen atoms in total. The quantitative estimate of drug-likeness (QED) is 0.605. The molecule has 4 rings (SSSR count). The number of aromatic nitrogens is 1. The fourth-order valence-electron chi connectivity index (χ4n) is 4.91. The van der Waals surface area contributed by atoms with Crippen LogP contribution >= 0.6 is 11.6 Å². The van der Waals surface area contributed by atoms with Crippen molar-refractivity contribution in [3.8, 4) is 0 Å². The number of rotatable bonds is 7. The van der Waals surface area contributed by atoms with Crippen molar-refractivity contribution in [2.24, 2.45) is 5.41 Å². The molecule has 7 heteroatoms. The lowest BCUT2D eigenvalue weighted by molar-refractivity contribution is -0.230. The van der Waals surface area contributed by atoms with Gasteiger partial charge in [0, 0.05) is 48.1 Å². The van der Waals surface area contributed by atoms with E-state index in [9.17, 15) is 8.42 Å². The molecule has 31 heavy (non-hydrogen) atoms. The highest BCUT2D eigenvalue weighted by Crippen LogP contribution is 2.49. The molecular weight excluding hydrogens is 432 g/mol. The molecule has 1 aromatic carbocycles. The van der Waals surface area contributed by atoms with Crippen molar-refractivity contribution >= 4 is 21.4 Å². The van der Waals surface area contributed by atoms with E-state index in [0.717, 1.165) is 56.0 Å². The van der Waals surface area contributed by atoms with Crippen LogP contribution in [-0.4, -0.2) is 49.4 Å². The van der Waals surface area contributed by atoms with E-state index in [-0.39, 0.29) is 22.0 Å². The lowest BCUT2D eigenvalue weighted by Crippen LogP contribution is -2.55. The van der Waals surface area contributed by atoms with Crippen LogP contribution in [0.5, 0.6) is 0 Å². The topological polar surface area (TPSA) is 59.5 Å². The third kappa shape index (κ3) is 5.30. The van der Waals surface area contributed by atoms with Gasteiger partial charge in [0.15, 0.2) is 9.84 Å². The minimum absolute atomic E-state index is 0.0450. The summed E-state index contributed by atoms with van der Waals surface area (Å²) in [6, 6.07) is 11.6. The fourth-order valence-corrected chi connectivity index (χ4v) is 5.60. The molecule has 0 spiro atoms. The summed E-state index contributed by atoms with van der Waals surface area (Å²) >= 11 is 6.03. The van der Waals surface area contributed by atoms with Crippen LogP contribution in [0.3, 0.4) is 0 Å². The summed E-state index contributed by atoms with van der Waals surface area (Å²) in [6.07, 6.45) is 6.91. The Morgan fingerprint density at radius 2 is 1.90 bits per heavy atom. The molecule has 2 saturated heterocycles. The van der Waals surface area contributed by atoms with Gasteiger partial charge in [-0.3, -0.25) is 9.88 Å². The highest BCUT2D eigenvalue weighted by Gasteiger charge is 2.52. The van der Waals surface area contributed by atoms with E-state index >= 15 is 0 Å². The molecule has 0 aliphatic carbocycles. The van der Waals surface area contributed by atoms with Crippen LogP contribution in [0.15, 0.2) is 47.5 Å². The first-order chi connectivity index (χ1) is 14.5. The van der Waals surface area contributed by atoms with E-state index in [0.29, 0.717) is 0 Å². The summed E-state index contributed by atoms with van der Waals surface area (Å²) in [5.74, 6) is 0. The minimum Gasteiger partial charge on any atom is -0.372 e. The molecule has 3 heterocycles. The normalized spacial score (nSPS) is 26.0. The molecule has 0 N–H and O–H groups in total. The third-order valence-electron chi connectivity index (χ3n) is 6.71. The number of benzene rings is 1. The summed E-state index contributed by atoms with van der Waals surface area (Å²) < 4.78 is 29.7. The zero-order chi connectivity index (χ0) is 22.3. The average molecular weight is 463 g/mol. The van der Waals surface area contributed by atoms with Gasteiger partial charge in [0.1, 0.15) is 0 Å². The van der Waals surface area contributed by atoms with Crippen LogP contribution in [0.1, 0.15) is 44.4 Å². The Morgan fingerprint density at radius 3 is 2.48 bits per heavy atom. The lowest BCUT2D eigenvalue weighted by atomic mass is 9.70. The molecule has 0 saturated carbocycles. The van der Waals surface area contributed by atoms with Crippen molar-refractivity contribution in [2.75, 3.05) is 19.3 Å². The first-order valence-corrected chi connectivity index (χ1v) is 13.1. The summed E-state index contributed by atoms with van der Waals surface area (Å²) in [5.41, 5.74) is 2.25. The summed E-state index contributed by atoms with van der Waals surface area (Å²) in [7, 11) is -3.22. The number of halogens is 1. The highest BCUT2D eigenvalue weighted by atomic mass is 35.5. The summed E-state index contributed by atoms with van der Waals surface area (Å²) in [6.45, 7) is 7.27. The highest BCUT2D eigenvalue weighted by molar-refractivity contribution is 7.90. The van der Waals surface area contributed by atoms with Gasteiger partial charge in [0.2, 0.25) is 0 Å². The van der Waals surface area contributed by atoms with E-state index in [1.807, 2.05) is 18.2 Å². The Kier molecular flexibility index (Phi) is 6.21. The van der Waals surface area contributed by atoms with Gasteiger partial charge in [-0.15, -0.1) is 0 Å². The molecule has 0 amide bonds. The molecule has 2 atom stereocenters. The van der Waals surface area contributed by atoms with Crippen molar-refractivity contribution in [1.82, 2.24) is 9.88 Å². The van der Waals surface area contributed by atoms with Crippen LogP contribution in [0.4, 0.5) is 0 Å². The maximum absolute atomic E-state index is 11.7. The molecule has 1 unspecified atom stereocenters. The van der Waals surface area contributed by atoms with Gasteiger partial charge >= 0.3 is 0 Å². The van der Waals surface area contributed by atoms with Gasteiger partial charge in [-0.25, -0.2) is 8.42 Å². The van der Waals surface area contributed by atoms with Gasteiger partial charge in [-0.2, -0.15) is 0 Å². The smallest absolute Gasteiger partial charge is 0.177 e. The number of aryl methyl sites for hydroxylation is 1. The second kappa shape index (κ2) is 8.47. The second-order valence-electron chi connectivity index (χ2n) is 9.78. The predicted molar refractivity (Wildman–Crippen MR) is 123 cm³/mol. The summed E-state index contributed by atoms with van der Waals surface area (Å²) in [5, 5.41) is 0.763. The molecule has 2 aliphatic rings. The number of ether oxygens (including phenoxy) is 1. The first-order valence-electron chi connectivity index (χ1n) is 10.8. The molecule has 1 aromatic heterocycles. The van der Waals surface area contributed by atoms with Crippen molar-refractivity contribution in [1.29, 1.82) is 0 Å². The van der Waals surface area contributed by atoms with E-state index in [4.69, 9.17) is 16.3 Å². The van der Waals surface area contributed by atoms with Gasteiger partial charge in [0.05, 0.1) is 16.6 Å². The van der Waals surface area contributed by atoms with E-state index < -0.39 is 9.84 Å². The van der Waals surface area contributed by atoms with Crippen LogP contribution in [0.25, 0.3) is 0 Å². The average Bonchev–Trinajstić information content (AvgIpc) is 3.10. The van der Waals surface area contributed by atoms with Crippen LogP contribution < -0.4 is 0 Å². The lowest BCUT2D eigenvalue weighted by Gasteiger charge is -2.52. The number of hydrogen-bond donors (Lipinski definition) is 0. The Labute approximate surface area is 190 Å². The Balaban J connectivity index is 1.45. The maximum atomic E-state index is 11.7. The zero-order valence-corrected chi connectivity index (χ0v) is 20.0. The van der Waals surface area contributed by atoms with Crippen molar-refractivity contribution in [3.63, 3.8) is 0 Å². The van der Waals surface area contributed by atoms with Gasteiger partial charge in [-0.1, -0.05) is 23.7 Å².